The second-order valence-electron chi connectivity index (χ2n) is 17.6. The Morgan fingerprint density at radius 3 is 0.892 bits per heavy atom. The lowest BCUT2D eigenvalue weighted by Crippen LogP contribution is -2.30. The van der Waals surface area contributed by atoms with E-state index in [0.717, 1.165) is 109 Å². The van der Waals surface area contributed by atoms with Gasteiger partial charge >= 0.3 is 17.9 Å². The standard InChI is InChI=1S/C59H98O6/c1-4-7-10-13-16-19-22-24-26-28-30-32-34-37-40-43-46-49-52-58(61)64-55-56(54-63-57(60)51-48-45-42-39-36-21-18-15-12-9-6-3)65-59(62)53-50-47-44-41-38-35-33-31-29-27-25-23-20-17-14-11-8-5-2/h16-17,19-20,22-33,56H,4-15,18,21,34-55H2,1-3H3/b19-16-,20-17-,24-22-,25-23-,28-26-,29-27-,32-30-,33-31-. The number of esters is 3. The van der Waals surface area contributed by atoms with Crippen LogP contribution in [0.25, 0.3) is 0 Å². The normalized spacial score (nSPS) is 12.8. The van der Waals surface area contributed by atoms with E-state index in [4.69, 9.17) is 14.2 Å². The highest BCUT2D eigenvalue weighted by atomic mass is 16.6. The summed E-state index contributed by atoms with van der Waals surface area (Å²) in [7, 11) is 0. The zero-order chi connectivity index (χ0) is 47.2. The lowest BCUT2D eigenvalue weighted by atomic mass is 10.1. The number of hydrogen-bond acceptors (Lipinski definition) is 6. The summed E-state index contributed by atoms with van der Waals surface area (Å²) in [6.07, 6.45) is 69.5. The molecular formula is C59H98O6. The van der Waals surface area contributed by atoms with E-state index in [1.807, 2.05) is 0 Å². The average molecular weight is 903 g/mol. The number of allylic oxidation sites excluding steroid dienone is 16. The Morgan fingerprint density at radius 1 is 0.308 bits per heavy atom. The van der Waals surface area contributed by atoms with Gasteiger partial charge in [-0.15, -0.1) is 0 Å². The van der Waals surface area contributed by atoms with Crippen molar-refractivity contribution < 1.29 is 28.6 Å². The number of ether oxygens (including phenoxy) is 3. The van der Waals surface area contributed by atoms with Gasteiger partial charge in [-0.3, -0.25) is 14.4 Å². The summed E-state index contributed by atoms with van der Waals surface area (Å²) in [5.74, 6) is -0.943. The number of unbranched alkanes of at least 4 members (excludes halogenated alkanes) is 26. The van der Waals surface area contributed by atoms with Crippen LogP contribution in [0.3, 0.4) is 0 Å². The average Bonchev–Trinajstić information content (AvgIpc) is 3.30. The van der Waals surface area contributed by atoms with Crippen LogP contribution >= 0.6 is 0 Å². The van der Waals surface area contributed by atoms with Crippen molar-refractivity contribution in [2.24, 2.45) is 0 Å². The highest BCUT2D eigenvalue weighted by molar-refractivity contribution is 5.71. The van der Waals surface area contributed by atoms with Crippen LogP contribution in [0.1, 0.15) is 239 Å². The van der Waals surface area contributed by atoms with Crippen molar-refractivity contribution >= 4 is 17.9 Å². The number of hydrogen-bond donors (Lipinski definition) is 0. The second-order valence-corrected chi connectivity index (χ2v) is 17.6. The Kier molecular flexibility index (Phi) is 50.0. The maximum absolute atomic E-state index is 12.8. The highest BCUT2D eigenvalue weighted by Crippen LogP contribution is 2.14. The number of carbonyl (C=O) groups excluding carboxylic acids is 3. The first-order valence-corrected chi connectivity index (χ1v) is 26.8. The van der Waals surface area contributed by atoms with Crippen LogP contribution in [0.5, 0.6) is 0 Å². The van der Waals surface area contributed by atoms with E-state index in [9.17, 15) is 14.4 Å². The maximum Gasteiger partial charge on any atom is 0.306 e. The number of rotatable bonds is 47. The fourth-order valence-electron chi connectivity index (χ4n) is 7.17. The predicted octanol–water partition coefficient (Wildman–Crippen LogP) is 17.8. The van der Waals surface area contributed by atoms with Crippen LogP contribution in [0, 0.1) is 0 Å². The third kappa shape index (κ3) is 51.2. The van der Waals surface area contributed by atoms with Crippen molar-refractivity contribution in [2.45, 2.75) is 245 Å². The summed E-state index contributed by atoms with van der Waals surface area (Å²) in [5.41, 5.74) is 0. The molecule has 0 fully saturated rings. The van der Waals surface area contributed by atoms with E-state index < -0.39 is 6.10 Å². The van der Waals surface area contributed by atoms with Gasteiger partial charge in [-0.1, -0.05) is 246 Å². The van der Waals surface area contributed by atoms with Crippen molar-refractivity contribution in [3.63, 3.8) is 0 Å². The molecule has 0 spiro atoms. The molecule has 0 saturated heterocycles. The van der Waals surface area contributed by atoms with E-state index >= 15 is 0 Å². The lowest BCUT2D eigenvalue weighted by Gasteiger charge is -2.18. The largest absolute Gasteiger partial charge is 0.462 e. The van der Waals surface area contributed by atoms with Crippen molar-refractivity contribution in [2.75, 3.05) is 13.2 Å². The summed E-state index contributed by atoms with van der Waals surface area (Å²) in [4.78, 5) is 38.0. The van der Waals surface area contributed by atoms with E-state index in [1.54, 1.807) is 0 Å². The summed E-state index contributed by atoms with van der Waals surface area (Å²) in [5, 5.41) is 0. The van der Waals surface area contributed by atoms with Gasteiger partial charge in [0.2, 0.25) is 0 Å². The minimum absolute atomic E-state index is 0.0947. The van der Waals surface area contributed by atoms with Gasteiger partial charge in [0.05, 0.1) is 0 Å². The maximum atomic E-state index is 12.8. The zero-order valence-electron chi connectivity index (χ0n) is 42.2. The molecule has 0 aromatic heterocycles. The fraction of sp³-hybridized carbons (Fsp3) is 0.678. The minimum Gasteiger partial charge on any atom is -0.462 e. The molecule has 0 saturated carbocycles. The Balaban J connectivity index is 4.48. The van der Waals surface area contributed by atoms with Crippen molar-refractivity contribution in [1.82, 2.24) is 0 Å². The first-order chi connectivity index (χ1) is 32.0. The SMILES string of the molecule is CCCCC\C=C/C=C\C=C/C=C\CCCCCCCC(=O)OCC(COC(=O)CCCCCCCCCCCCC)OC(=O)CCCCCCC\C=C/C=C\C=C/C=C\CCCCC. The molecule has 0 radical (unpaired) electrons. The van der Waals surface area contributed by atoms with E-state index in [-0.39, 0.29) is 31.1 Å². The Hall–Kier alpha value is -3.67. The minimum atomic E-state index is -0.799. The van der Waals surface area contributed by atoms with E-state index in [1.165, 1.54) is 89.9 Å². The molecule has 1 atom stereocenters. The van der Waals surface area contributed by atoms with Gasteiger partial charge in [0.25, 0.3) is 0 Å². The molecule has 370 valence electrons. The first kappa shape index (κ1) is 61.3. The van der Waals surface area contributed by atoms with Gasteiger partial charge in [0, 0.05) is 19.3 Å². The molecule has 6 heteroatoms. The zero-order valence-corrected chi connectivity index (χ0v) is 42.2. The third-order valence-corrected chi connectivity index (χ3v) is 11.3. The summed E-state index contributed by atoms with van der Waals surface area (Å²) in [6.45, 7) is 6.51. The van der Waals surface area contributed by atoms with Gasteiger partial charge in [-0.25, -0.2) is 0 Å². The molecular weight excluding hydrogens is 805 g/mol. The quantitative estimate of drug-likeness (QED) is 0.0262. The molecule has 0 aromatic rings. The topological polar surface area (TPSA) is 78.9 Å². The molecule has 0 aromatic carbocycles. The third-order valence-electron chi connectivity index (χ3n) is 11.3. The second kappa shape index (κ2) is 52.9. The van der Waals surface area contributed by atoms with Gasteiger partial charge < -0.3 is 14.2 Å². The molecule has 0 aliphatic carbocycles. The summed E-state index contributed by atoms with van der Waals surface area (Å²) < 4.78 is 16.8. The smallest absolute Gasteiger partial charge is 0.306 e. The van der Waals surface area contributed by atoms with Crippen molar-refractivity contribution in [3.05, 3.63) is 97.2 Å². The monoisotopic (exact) mass is 903 g/mol. The van der Waals surface area contributed by atoms with Crippen molar-refractivity contribution in [1.29, 1.82) is 0 Å². The van der Waals surface area contributed by atoms with Gasteiger partial charge in [0.15, 0.2) is 6.10 Å². The molecule has 0 heterocycles. The molecule has 0 N–H and O–H groups in total. The molecule has 0 rings (SSSR count). The summed E-state index contributed by atoms with van der Waals surface area (Å²) in [6, 6.07) is 0. The predicted molar refractivity (Wildman–Crippen MR) is 279 cm³/mol. The molecule has 0 bridgehead atoms. The fourth-order valence-corrected chi connectivity index (χ4v) is 7.17. The van der Waals surface area contributed by atoms with Crippen LogP contribution in [0.15, 0.2) is 97.2 Å². The van der Waals surface area contributed by atoms with Gasteiger partial charge in [0.1, 0.15) is 13.2 Å². The van der Waals surface area contributed by atoms with E-state index in [2.05, 4.69) is 118 Å². The highest BCUT2D eigenvalue weighted by Gasteiger charge is 2.19. The van der Waals surface area contributed by atoms with Crippen LogP contribution in [-0.2, 0) is 28.6 Å². The molecule has 6 nitrogen and oxygen atoms in total. The van der Waals surface area contributed by atoms with Crippen molar-refractivity contribution in [3.8, 4) is 0 Å². The molecule has 65 heavy (non-hydrogen) atoms. The Labute approximate surface area is 400 Å². The summed E-state index contributed by atoms with van der Waals surface area (Å²) >= 11 is 0. The Bertz CT molecular complexity index is 1310. The number of carbonyl (C=O) groups is 3. The van der Waals surface area contributed by atoms with Gasteiger partial charge in [-0.2, -0.15) is 0 Å². The molecule has 0 aliphatic rings. The molecule has 0 amide bonds. The van der Waals surface area contributed by atoms with Crippen LogP contribution in [0.4, 0.5) is 0 Å². The van der Waals surface area contributed by atoms with Crippen LogP contribution in [-0.4, -0.2) is 37.2 Å². The van der Waals surface area contributed by atoms with E-state index in [0.29, 0.717) is 19.3 Å². The lowest BCUT2D eigenvalue weighted by molar-refractivity contribution is -0.167. The van der Waals surface area contributed by atoms with Crippen LogP contribution in [0.2, 0.25) is 0 Å². The van der Waals surface area contributed by atoms with Gasteiger partial charge in [-0.05, 0) is 70.6 Å². The Morgan fingerprint density at radius 2 is 0.554 bits per heavy atom. The molecule has 1 unspecified atom stereocenters. The van der Waals surface area contributed by atoms with Crippen LogP contribution < -0.4 is 0 Å². The molecule has 0 aliphatic heterocycles. The first-order valence-electron chi connectivity index (χ1n) is 26.8.